The maximum Gasteiger partial charge on any atom is 0.407 e. The van der Waals surface area contributed by atoms with E-state index in [4.69, 9.17) is 5.11 Å². The summed E-state index contributed by atoms with van der Waals surface area (Å²) >= 11 is 0. The van der Waals surface area contributed by atoms with Crippen LogP contribution in [0.5, 0.6) is 0 Å². The van der Waals surface area contributed by atoms with Crippen molar-refractivity contribution in [3.05, 3.63) is 0 Å². The zero-order valence-corrected chi connectivity index (χ0v) is 6.79. The van der Waals surface area contributed by atoms with Crippen LogP contribution in [0.1, 0.15) is 20.8 Å². The highest BCUT2D eigenvalue weighted by Gasteiger charge is 2.09. The number of hydrogen-bond acceptors (Lipinski definition) is 1. The lowest BCUT2D eigenvalue weighted by molar-refractivity contribution is 0.142. The van der Waals surface area contributed by atoms with Gasteiger partial charge in [0.25, 0.3) is 0 Å². The number of carboxylic acid groups (broad SMARTS) is 1. The van der Waals surface area contributed by atoms with E-state index in [0.717, 1.165) is 0 Å². The summed E-state index contributed by atoms with van der Waals surface area (Å²) < 4.78 is 0. The number of rotatable bonds is 3. The van der Waals surface area contributed by atoms with Crippen LogP contribution in [-0.4, -0.2) is 29.2 Å². The number of hydrogen-bond donors (Lipinski definition) is 1. The summed E-state index contributed by atoms with van der Waals surface area (Å²) in [4.78, 5) is 11.8. The van der Waals surface area contributed by atoms with Crippen LogP contribution in [0.3, 0.4) is 0 Å². The van der Waals surface area contributed by atoms with Gasteiger partial charge in [0.15, 0.2) is 0 Å². The Hall–Kier alpha value is -0.730. The molecule has 60 valence electrons. The predicted octanol–water partition coefficient (Wildman–Crippen LogP) is 1.64. The molecular formula is C7H15NO2. The first-order chi connectivity index (χ1) is 4.57. The number of amides is 1. The van der Waals surface area contributed by atoms with Crippen LogP contribution < -0.4 is 0 Å². The van der Waals surface area contributed by atoms with E-state index in [9.17, 15) is 4.79 Å². The molecule has 0 aliphatic rings. The van der Waals surface area contributed by atoms with Crippen LogP contribution in [0.25, 0.3) is 0 Å². The maximum atomic E-state index is 10.4. The molecular weight excluding hydrogens is 130 g/mol. The van der Waals surface area contributed by atoms with Crippen molar-refractivity contribution in [2.24, 2.45) is 5.92 Å². The molecule has 0 saturated carbocycles. The molecule has 0 unspecified atom stereocenters. The van der Waals surface area contributed by atoms with Crippen molar-refractivity contribution in [1.29, 1.82) is 0 Å². The Morgan fingerprint density at radius 3 is 2.20 bits per heavy atom. The molecule has 0 aliphatic carbocycles. The predicted molar refractivity (Wildman–Crippen MR) is 40.1 cm³/mol. The van der Waals surface area contributed by atoms with Gasteiger partial charge in [0.2, 0.25) is 0 Å². The van der Waals surface area contributed by atoms with Gasteiger partial charge in [0, 0.05) is 13.1 Å². The van der Waals surface area contributed by atoms with Crippen LogP contribution in [0.15, 0.2) is 0 Å². The molecule has 0 rings (SSSR count). The molecule has 0 aromatic rings. The second kappa shape index (κ2) is 4.14. The van der Waals surface area contributed by atoms with Gasteiger partial charge in [0.1, 0.15) is 0 Å². The molecule has 3 heteroatoms. The highest BCUT2D eigenvalue weighted by atomic mass is 16.4. The van der Waals surface area contributed by atoms with Gasteiger partial charge in [-0.2, -0.15) is 0 Å². The molecule has 3 nitrogen and oxygen atoms in total. The van der Waals surface area contributed by atoms with Gasteiger partial charge >= 0.3 is 6.09 Å². The highest BCUT2D eigenvalue weighted by Crippen LogP contribution is 1.97. The molecule has 0 aromatic carbocycles. The van der Waals surface area contributed by atoms with Gasteiger partial charge in [0.05, 0.1) is 0 Å². The van der Waals surface area contributed by atoms with Gasteiger partial charge in [-0.1, -0.05) is 13.8 Å². The molecule has 0 aromatic heterocycles. The van der Waals surface area contributed by atoms with Gasteiger partial charge in [-0.15, -0.1) is 0 Å². The lowest BCUT2D eigenvalue weighted by Crippen LogP contribution is -2.32. The van der Waals surface area contributed by atoms with Gasteiger partial charge in [-0.25, -0.2) is 4.79 Å². The smallest absolute Gasteiger partial charge is 0.407 e. The quantitative estimate of drug-likeness (QED) is 0.655. The van der Waals surface area contributed by atoms with Crippen LogP contribution in [-0.2, 0) is 0 Å². The second-order valence-corrected chi connectivity index (χ2v) is 2.72. The topological polar surface area (TPSA) is 40.5 Å². The Morgan fingerprint density at radius 2 is 2.10 bits per heavy atom. The van der Waals surface area contributed by atoms with E-state index < -0.39 is 6.09 Å². The van der Waals surface area contributed by atoms with E-state index in [0.29, 0.717) is 19.0 Å². The minimum absolute atomic E-state index is 0.413. The van der Waals surface area contributed by atoms with Crippen molar-refractivity contribution >= 4 is 6.09 Å². The molecule has 0 spiro atoms. The van der Waals surface area contributed by atoms with E-state index in [-0.39, 0.29) is 0 Å². The van der Waals surface area contributed by atoms with Crippen LogP contribution >= 0.6 is 0 Å². The molecule has 1 amide bonds. The van der Waals surface area contributed by atoms with E-state index in [1.807, 2.05) is 20.8 Å². The van der Waals surface area contributed by atoms with E-state index in [1.54, 1.807) is 0 Å². The monoisotopic (exact) mass is 145 g/mol. The van der Waals surface area contributed by atoms with Crippen molar-refractivity contribution in [1.82, 2.24) is 4.90 Å². The molecule has 0 bridgehead atoms. The first kappa shape index (κ1) is 9.27. The van der Waals surface area contributed by atoms with Crippen molar-refractivity contribution < 1.29 is 9.90 Å². The first-order valence-corrected chi connectivity index (χ1v) is 3.55. The molecule has 1 N–H and O–H groups in total. The minimum atomic E-state index is -0.823. The van der Waals surface area contributed by atoms with Gasteiger partial charge in [-0.3, -0.25) is 0 Å². The normalized spacial score (nSPS) is 10.0. The lowest BCUT2D eigenvalue weighted by atomic mass is 10.2. The summed E-state index contributed by atoms with van der Waals surface area (Å²) in [5.41, 5.74) is 0. The van der Waals surface area contributed by atoms with Crippen LogP contribution in [0.4, 0.5) is 4.79 Å². The summed E-state index contributed by atoms with van der Waals surface area (Å²) in [5.74, 6) is 0.413. The summed E-state index contributed by atoms with van der Waals surface area (Å²) in [5, 5.41) is 8.55. The standard InChI is InChI=1S/C7H15NO2/c1-4-8(7(9)10)5-6(2)3/h6H,4-5H2,1-3H3,(H,9,10). The number of carbonyl (C=O) groups is 1. The Kier molecular flexibility index (Phi) is 3.84. The van der Waals surface area contributed by atoms with Crippen LogP contribution in [0.2, 0.25) is 0 Å². The Bertz CT molecular complexity index is 112. The molecule has 0 fully saturated rings. The third-order valence-corrected chi connectivity index (χ3v) is 1.24. The Labute approximate surface area is 61.6 Å². The first-order valence-electron chi connectivity index (χ1n) is 3.55. The fourth-order valence-electron chi connectivity index (χ4n) is 0.783. The van der Waals surface area contributed by atoms with Gasteiger partial charge < -0.3 is 10.0 Å². The average Bonchev–Trinajstić information content (AvgIpc) is 1.81. The lowest BCUT2D eigenvalue weighted by Gasteiger charge is -2.18. The van der Waals surface area contributed by atoms with E-state index >= 15 is 0 Å². The largest absolute Gasteiger partial charge is 0.465 e. The molecule has 0 aliphatic heterocycles. The van der Waals surface area contributed by atoms with Crippen molar-refractivity contribution in [3.63, 3.8) is 0 Å². The molecule has 0 heterocycles. The zero-order chi connectivity index (χ0) is 8.15. The fourth-order valence-corrected chi connectivity index (χ4v) is 0.783. The highest BCUT2D eigenvalue weighted by molar-refractivity contribution is 5.64. The Morgan fingerprint density at radius 1 is 1.60 bits per heavy atom. The van der Waals surface area contributed by atoms with E-state index in [1.165, 1.54) is 4.90 Å². The van der Waals surface area contributed by atoms with Crippen LogP contribution in [0, 0.1) is 5.92 Å². The number of nitrogens with zero attached hydrogens (tertiary/aromatic N) is 1. The summed E-state index contributed by atoms with van der Waals surface area (Å²) in [6, 6.07) is 0. The zero-order valence-electron chi connectivity index (χ0n) is 6.79. The van der Waals surface area contributed by atoms with Gasteiger partial charge in [-0.05, 0) is 12.8 Å². The molecule has 0 atom stereocenters. The average molecular weight is 145 g/mol. The molecule has 0 saturated heterocycles. The third kappa shape index (κ3) is 3.33. The van der Waals surface area contributed by atoms with E-state index in [2.05, 4.69) is 0 Å². The summed E-state index contributed by atoms with van der Waals surface area (Å²) in [7, 11) is 0. The minimum Gasteiger partial charge on any atom is -0.465 e. The maximum absolute atomic E-state index is 10.4. The fraction of sp³-hybridized carbons (Fsp3) is 0.857. The van der Waals surface area contributed by atoms with Crippen molar-refractivity contribution in [2.75, 3.05) is 13.1 Å². The summed E-state index contributed by atoms with van der Waals surface area (Å²) in [6.07, 6.45) is -0.823. The van der Waals surface area contributed by atoms with Crippen molar-refractivity contribution in [3.8, 4) is 0 Å². The third-order valence-electron chi connectivity index (χ3n) is 1.24. The molecule has 10 heavy (non-hydrogen) atoms. The molecule has 0 radical (unpaired) electrons. The second-order valence-electron chi connectivity index (χ2n) is 2.72. The summed E-state index contributed by atoms with van der Waals surface area (Å²) in [6.45, 7) is 7.06. The Balaban J connectivity index is 3.72. The SMILES string of the molecule is CCN(CC(C)C)C(=O)O. The van der Waals surface area contributed by atoms with Crippen molar-refractivity contribution in [2.45, 2.75) is 20.8 Å².